The first-order valence-electron chi connectivity index (χ1n) is 8.49. The van der Waals surface area contributed by atoms with Crippen LogP contribution in [0.25, 0.3) is 0 Å². The van der Waals surface area contributed by atoms with Crippen molar-refractivity contribution in [3.63, 3.8) is 0 Å². The maximum Gasteiger partial charge on any atom is 0.416 e. The maximum absolute atomic E-state index is 13.2. The molecule has 2 rings (SSSR count). The number of nitrogens with one attached hydrogen (secondary N) is 2. The summed E-state index contributed by atoms with van der Waals surface area (Å²) in [6, 6.07) is 2.44. The lowest BCUT2D eigenvalue weighted by atomic mass is 10.1. The van der Waals surface area contributed by atoms with Crippen LogP contribution in [0.15, 0.2) is 23.2 Å². The third kappa shape index (κ3) is 6.52. The standard InChI is InChI=1S/C16H22F4N4O2S2/c1-21-15(22-4-9-28(25,26)24-5-7-27-8-6-24)23-11-12-2-3-13(17)10-14(12)16(18,19)20/h2-3,10H,4-9,11H2,1H3,(H2,21,22,23). The number of sulfonamides is 1. The number of hydrogen-bond donors (Lipinski definition) is 2. The predicted octanol–water partition coefficient (Wildman–Crippen LogP) is 1.89. The van der Waals surface area contributed by atoms with Crippen molar-refractivity contribution in [2.45, 2.75) is 12.7 Å². The molecule has 1 heterocycles. The van der Waals surface area contributed by atoms with Crippen LogP contribution in [-0.4, -0.2) is 62.6 Å². The number of rotatable bonds is 6. The highest BCUT2D eigenvalue weighted by Crippen LogP contribution is 2.32. The van der Waals surface area contributed by atoms with Crippen molar-refractivity contribution < 1.29 is 26.0 Å². The molecule has 0 saturated carbocycles. The van der Waals surface area contributed by atoms with Gasteiger partial charge in [0.05, 0.1) is 11.3 Å². The molecule has 2 N–H and O–H groups in total. The molecule has 0 spiro atoms. The van der Waals surface area contributed by atoms with Crippen LogP contribution < -0.4 is 10.6 Å². The number of halogens is 4. The van der Waals surface area contributed by atoms with Crippen molar-refractivity contribution in [3.05, 3.63) is 35.1 Å². The summed E-state index contributed by atoms with van der Waals surface area (Å²) in [4.78, 5) is 3.87. The fraction of sp³-hybridized carbons (Fsp3) is 0.562. The normalized spacial score (nSPS) is 16.8. The lowest BCUT2D eigenvalue weighted by Crippen LogP contribution is -2.44. The summed E-state index contributed by atoms with van der Waals surface area (Å²) < 4.78 is 78.2. The van der Waals surface area contributed by atoms with Gasteiger partial charge in [0.2, 0.25) is 10.0 Å². The number of nitrogens with zero attached hydrogens (tertiary/aromatic N) is 2. The molecular weight excluding hydrogens is 420 g/mol. The minimum atomic E-state index is -4.68. The smallest absolute Gasteiger partial charge is 0.355 e. The molecule has 0 unspecified atom stereocenters. The highest BCUT2D eigenvalue weighted by atomic mass is 32.2. The SMILES string of the molecule is CN=C(NCCS(=O)(=O)N1CCSCC1)NCc1ccc(F)cc1C(F)(F)F. The van der Waals surface area contributed by atoms with Crippen LogP contribution in [0.1, 0.15) is 11.1 Å². The van der Waals surface area contributed by atoms with Crippen LogP contribution in [0.2, 0.25) is 0 Å². The molecule has 12 heteroatoms. The Morgan fingerprint density at radius 2 is 1.93 bits per heavy atom. The Morgan fingerprint density at radius 3 is 2.54 bits per heavy atom. The summed E-state index contributed by atoms with van der Waals surface area (Å²) in [5.74, 6) is 0.550. The van der Waals surface area contributed by atoms with Gasteiger partial charge in [-0.15, -0.1) is 0 Å². The summed E-state index contributed by atoms with van der Waals surface area (Å²) >= 11 is 1.70. The Morgan fingerprint density at radius 1 is 1.25 bits per heavy atom. The van der Waals surface area contributed by atoms with E-state index in [9.17, 15) is 26.0 Å². The molecule has 6 nitrogen and oxygen atoms in total. The summed E-state index contributed by atoms with van der Waals surface area (Å²) in [6.07, 6.45) is -4.68. The summed E-state index contributed by atoms with van der Waals surface area (Å²) in [7, 11) is -1.98. The Balaban J connectivity index is 1.90. The molecular formula is C16H22F4N4O2S2. The van der Waals surface area contributed by atoms with Gasteiger partial charge in [0.15, 0.2) is 5.96 Å². The van der Waals surface area contributed by atoms with E-state index in [2.05, 4.69) is 15.6 Å². The van der Waals surface area contributed by atoms with Crippen LogP contribution >= 0.6 is 11.8 Å². The number of benzene rings is 1. The van der Waals surface area contributed by atoms with E-state index in [4.69, 9.17) is 0 Å². The minimum absolute atomic E-state index is 0.0567. The summed E-state index contributed by atoms with van der Waals surface area (Å²) in [5, 5.41) is 5.47. The van der Waals surface area contributed by atoms with Gasteiger partial charge in [0, 0.05) is 44.7 Å². The largest absolute Gasteiger partial charge is 0.416 e. The van der Waals surface area contributed by atoms with Crippen molar-refractivity contribution in [2.24, 2.45) is 4.99 Å². The zero-order valence-corrected chi connectivity index (χ0v) is 16.9. The first kappa shape index (κ1) is 22.8. The second kappa shape index (κ2) is 9.79. The van der Waals surface area contributed by atoms with Gasteiger partial charge < -0.3 is 10.6 Å². The van der Waals surface area contributed by atoms with Crippen molar-refractivity contribution >= 4 is 27.7 Å². The molecule has 1 saturated heterocycles. The van der Waals surface area contributed by atoms with Gasteiger partial charge in [0.1, 0.15) is 5.82 Å². The molecule has 0 aromatic heterocycles. The molecule has 1 aliphatic heterocycles. The van der Waals surface area contributed by atoms with Crippen LogP contribution in [-0.2, 0) is 22.7 Å². The lowest BCUT2D eigenvalue weighted by molar-refractivity contribution is -0.138. The Labute approximate surface area is 165 Å². The molecule has 0 amide bonds. The minimum Gasteiger partial charge on any atom is -0.355 e. The first-order chi connectivity index (χ1) is 13.1. The molecule has 28 heavy (non-hydrogen) atoms. The van der Waals surface area contributed by atoms with Gasteiger partial charge in [-0.25, -0.2) is 17.1 Å². The zero-order chi connectivity index (χ0) is 20.8. The van der Waals surface area contributed by atoms with E-state index in [1.165, 1.54) is 11.4 Å². The van der Waals surface area contributed by atoms with E-state index in [1.54, 1.807) is 11.8 Å². The Bertz CT molecular complexity index is 794. The van der Waals surface area contributed by atoms with E-state index in [1.807, 2.05) is 0 Å². The molecule has 1 aromatic rings. The van der Waals surface area contributed by atoms with E-state index in [0.29, 0.717) is 19.2 Å². The lowest BCUT2D eigenvalue weighted by Gasteiger charge is -2.25. The van der Waals surface area contributed by atoms with E-state index in [-0.39, 0.29) is 30.4 Å². The van der Waals surface area contributed by atoms with Crippen molar-refractivity contribution in [3.8, 4) is 0 Å². The van der Waals surface area contributed by atoms with Crippen molar-refractivity contribution in [1.82, 2.24) is 14.9 Å². The molecule has 0 bridgehead atoms. The topological polar surface area (TPSA) is 73.8 Å². The van der Waals surface area contributed by atoms with E-state index < -0.39 is 27.6 Å². The molecule has 0 radical (unpaired) electrons. The van der Waals surface area contributed by atoms with Gasteiger partial charge in [-0.2, -0.15) is 24.9 Å². The Hall–Kier alpha value is -1.53. The first-order valence-corrected chi connectivity index (χ1v) is 11.3. The number of alkyl halides is 3. The Kier molecular flexibility index (Phi) is 7.96. The molecule has 0 aliphatic carbocycles. The predicted molar refractivity (Wildman–Crippen MR) is 102 cm³/mol. The molecule has 1 aliphatic rings. The van der Waals surface area contributed by atoms with Crippen molar-refractivity contribution in [2.75, 3.05) is 43.9 Å². The third-order valence-corrected chi connectivity index (χ3v) is 6.88. The highest BCUT2D eigenvalue weighted by Gasteiger charge is 2.33. The third-order valence-electron chi connectivity index (χ3n) is 4.06. The fourth-order valence-corrected chi connectivity index (χ4v) is 5.11. The number of guanidine groups is 1. The maximum atomic E-state index is 13.2. The van der Waals surface area contributed by atoms with Gasteiger partial charge in [-0.3, -0.25) is 4.99 Å². The monoisotopic (exact) mass is 442 g/mol. The average molecular weight is 443 g/mol. The van der Waals surface area contributed by atoms with E-state index >= 15 is 0 Å². The van der Waals surface area contributed by atoms with Crippen LogP contribution in [0, 0.1) is 5.82 Å². The van der Waals surface area contributed by atoms with Crippen LogP contribution in [0.4, 0.5) is 17.6 Å². The molecule has 0 atom stereocenters. The van der Waals surface area contributed by atoms with Gasteiger partial charge in [-0.1, -0.05) is 6.07 Å². The zero-order valence-electron chi connectivity index (χ0n) is 15.2. The number of hydrogen-bond acceptors (Lipinski definition) is 4. The second-order valence-corrected chi connectivity index (χ2v) is 9.29. The molecule has 1 fully saturated rings. The van der Waals surface area contributed by atoms with Crippen molar-refractivity contribution in [1.29, 1.82) is 0 Å². The van der Waals surface area contributed by atoms with Crippen LogP contribution in [0.3, 0.4) is 0 Å². The van der Waals surface area contributed by atoms with Crippen LogP contribution in [0.5, 0.6) is 0 Å². The van der Waals surface area contributed by atoms with E-state index in [0.717, 1.165) is 23.6 Å². The number of aliphatic imine (C=N–C) groups is 1. The second-order valence-electron chi connectivity index (χ2n) is 5.98. The molecule has 158 valence electrons. The van der Waals surface area contributed by atoms with Gasteiger partial charge >= 0.3 is 6.18 Å². The quantitative estimate of drug-likeness (QED) is 0.400. The highest BCUT2D eigenvalue weighted by molar-refractivity contribution is 7.99. The number of thioether (sulfide) groups is 1. The summed E-state index contributed by atoms with van der Waals surface area (Å²) in [6.45, 7) is 0.765. The molecule has 1 aromatic carbocycles. The fourth-order valence-electron chi connectivity index (χ4n) is 2.62. The summed E-state index contributed by atoms with van der Waals surface area (Å²) in [5.41, 5.74) is -1.21. The van der Waals surface area contributed by atoms with Gasteiger partial charge in [0.25, 0.3) is 0 Å². The van der Waals surface area contributed by atoms with Gasteiger partial charge in [-0.05, 0) is 17.7 Å². The average Bonchev–Trinajstić information content (AvgIpc) is 2.65.